The van der Waals surface area contributed by atoms with Gasteiger partial charge in [-0.2, -0.15) is 0 Å². The third-order valence-corrected chi connectivity index (χ3v) is 5.17. The van der Waals surface area contributed by atoms with Gasteiger partial charge in [-0.05, 0) is 38.1 Å². The Bertz CT molecular complexity index is 577. The maximum absolute atomic E-state index is 11.8. The minimum absolute atomic E-state index is 0.0976. The second-order valence-electron chi connectivity index (χ2n) is 7.72. The van der Waals surface area contributed by atoms with Crippen molar-refractivity contribution in [3.05, 3.63) is 23.9 Å². The number of nitrogen functional groups attached to an aromatic ring is 1. The summed E-state index contributed by atoms with van der Waals surface area (Å²) in [6.07, 6.45) is 2.58. The normalized spacial score (nSPS) is 19.4. The molecule has 0 aliphatic carbocycles. The monoisotopic (exact) mass is 350 g/mol. The number of primary amides is 1. The smallest absolute Gasteiger partial charge is 0.405 e. The summed E-state index contributed by atoms with van der Waals surface area (Å²) in [5.74, 6) is 0.517. The summed E-state index contributed by atoms with van der Waals surface area (Å²) in [7, 11) is 0. The third-order valence-electron chi connectivity index (χ3n) is 5.17. The van der Waals surface area contributed by atoms with Crippen LogP contribution in [0.2, 0.25) is 0 Å². The largest absolute Gasteiger partial charge is 0.437 e. The first-order valence-corrected chi connectivity index (χ1v) is 8.74. The SMILES string of the molecule is CC(C)(C)C(OC(N)=O)(c1ccc(N)nc1)C1CCN(CCO)CC1. The van der Waals surface area contributed by atoms with Crippen molar-refractivity contribution in [2.24, 2.45) is 17.1 Å². The zero-order valence-corrected chi connectivity index (χ0v) is 15.4. The molecule has 1 atom stereocenters. The van der Waals surface area contributed by atoms with E-state index in [1.165, 1.54) is 0 Å². The van der Waals surface area contributed by atoms with E-state index in [9.17, 15) is 4.79 Å². The van der Waals surface area contributed by atoms with E-state index in [2.05, 4.69) is 9.88 Å². The van der Waals surface area contributed by atoms with Crippen molar-refractivity contribution >= 4 is 11.9 Å². The van der Waals surface area contributed by atoms with Crippen molar-refractivity contribution < 1.29 is 14.6 Å². The van der Waals surface area contributed by atoms with E-state index in [1.54, 1.807) is 12.3 Å². The number of ether oxygens (including phenoxy) is 1. The lowest BCUT2D eigenvalue weighted by Crippen LogP contribution is -2.54. The molecular formula is C18H30N4O3. The summed E-state index contributed by atoms with van der Waals surface area (Å²) < 4.78 is 5.85. The van der Waals surface area contributed by atoms with Crippen LogP contribution < -0.4 is 11.5 Å². The number of hydrogen-bond donors (Lipinski definition) is 3. The van der Waals surface area contributed by atoms with E-state index in [-0.39, 0.29) is 17.9 Å². The van der Waals surface area contributed by atoms with E-state index < -0.39 is 11.7 Å². The summed E-state index contributed by atoms with van der Waals surface area (Å²) in [5.41, 5.74) is 10.8. The molecule has 1 unspecified atom stereocenters. The predicted molar refractivity (Wildman–Crippen MR) is 96.7 cm³/mol. The summed E-state index contributed by atoms with van der Waals surface area (Å²) in [6, 6.07) is 3.59. The van der Waals surface area contributed by atoms with Crippen LogP contribution in [0.1, 0.15) is 39.2 Å². The van der Waals surface area contributed by atoms with E-state index >= 15 is 0 Å². The highest BCUT2D eigenvalue weighted by atomic mass is 16.6. The lowest BCUT2D eigenvalue weighted by atomic mass is 9.63. The Kier molecular flexibility index (Phi) is 5.90. The predicted octanol–water partition coefficient (Wildman–Crippen LogP) is 1.70. The van der Waals surface area contributed by atoms with Gasteiger partial charge in [-0.15, -0.1) is 0 Å². The first-order chi connectivity index (χ1) is 11.7. The maximum atomic E-state index is 11.8. The first-order valence-electron chi connectivity index (χ1n) is 8.74. The zero-order valence-electron chi connectivity index (χ0n) is 15.4. The average molecular weight is 350 g/mol. The van der Waals surface area contributed by atoms with Crippen molar-refractivity contribution in [2.75, 3.05) is 32.0 Å². The minimum atomic E-state index is -0.884. The van der Waals surface area contributed by atoms with Gasteiger partial charge in [0, 0.05) is 29.6 Å². The van der Waals surface area contributed by atoms with Crippen LogP contribution in [-0.4, -0.2) is 47.3 Å². The Balaban J connectivity index is 2.44. The van der Waals surface area contributed by atoms with Crippen molar-refractivity contribution in [3.8, 4) is 0 Å². The van der Waals surface area contributed by atoms with Gasteiger partial charge < -0.3 is 26.2 Å². The van der Waals surface area contributed by atoms with Gasteiger partial charge in [0.1, 0.15) is 11.4 Å². The fourth-order valence-electron chi connectivity index (χ4n) is 4.06. The molecule has 5 N–H and O–H groups in total. The van der Waals surface area contributed by atoms with E-state index in [1.807, 2.05) is 26.8 Å². The number of piperidine rings is 1. The van der Waals surface area contributed by atoms with Gasteiger partial charge in [0.2, 0.25) is 0 Å². The molecule has 0 aromatic carbocycles. The molecule has 1 aromatic heterocycles. The number of pyridine rings is 1. The number of likely N-dealkylation sites (tertiary alicyclic amines) is 1. The fraction of sp³-hybridized carbons (Fsp3) is 0.667. The number of rotatable bonds is 5. The molecule has 1 aliphatic rings. The maximum Gasteiger partial charge on any atom is 0.405 e. The second kappa shape index (κ2) is 7.58. The molecule has 140 valence electrons. The summed E-state index contributed by atoms with van der Waals surface area (Å²) in [4.78, 5) is 18.2. The molecule has 0 bridgehead atoms. The molecule has 1 fully saturated rings. The quantitative estimate of drug-likeness (QED) is 0.744. The van der Waals surface area contributed by atoms with Gasteiger partial charge >= 0.3 is 6.09 Å². The van der Waals surface area contributed by atoms with Gasteiger partial charge in [-0.3, -0.25) is 0 Å². The molecule has 2 heterocycles. The molecule has 2 rings (SSSR count). The molecule has 0 spiro atoms. The van der Waals surface area contributed by atoms with Crippen LogP contribution in [0.5, 0.6) is 0 Å². The highest BCUT2D eigenvalue weighted by Crippen LogP contribution is 2.51. The number of amides is 1. The zero-order chi connectivity index (χ0) is 18.7. The summed E-state index contributed by atoms with van der Waals surface area (Å²) in [5, 5.41) is 9.15. The molecule has 1 aromatic rings. The number of carbonyl (C=O) groups excluding carboxylic acids is 1. The Morgan fingerprint density at radius 1 is 1.36 bits per heavy atom. The van der Waals surface area contributed by atoms with Gasteiger partial charge in [0.25, 0.3) is 0 Å². The third kappa shape index (κ3) is 4.04. The van der Waals surface area contributed by atoms with Crippen molar-refractivity contribution in [2.45, 2.75) is 39.2 Å². The summed E-state index contributed by atoms with van der Waals surface area (Å²) in [6.45, 7) is 8.64. The second-order valence-corrected chi connectivity index (χ2v) is 7.72. The number of β-amino-alcohol motifs (C(OH)–C–C–N with tert-alkyl or cyclic N) is 1. The van der Waals surface area contributed by atoms with Crippen molar-refractivity contribution in [3.63, 3.8) is 0 Å². The molecule has 7 heteroatoms. The van der Waals surface area contributed by atoms with Crippen molar-refractivity contribution in [1.82, 2.24) is 9.88 Å². The fourth-order valence-corrected chi connectivity index (χ4v) is 4.06. The topological polar surface area (TPSA) is 115 Å². The molecule has 1 amide bonds. The number of hydrogen-bond acceptors (Lipinski definition) is 6. The molecule has 0 radical (unpaired) electrons. The van der Waals surface area contributed by atoms with Crippen LogP contribution in [0.3, 0.4) is 0 Å². The Morgan fingerprint density at radius 3 is 2.44 bits per heavy atom. The molecule has 1 saturated heterocycles. The minimum Gasteiger partial charge on any atom is -0.437 e. The molecule has 1 aliphatic heterocycles. The van der Waals surface area contributed by atoms with Gasteiger partial charge in [0.15, 0.2) is 0 Å². The standard InChI is InChI=1S/C18H30N4O3/c1-17(2,3)18(25-16(20)24,14-4-5-15(19)21-12-14)13-6-8-22(9-7-13)10-11-23/h4-5,12-13,23H,6-11H2,1-3H3,(H2,19,21)(H2,20,24). The number of aromatic nitrogens is 1. The highest BCUT2D eigenvalue weighted by Gasteiger charge is 2.53. The number of anilines is 1. The number of nitrogens with zero attached hydrogens (tertiary/aromatic N) is 2. The Hall–Kier alpha value is -1.86. The van der Waals surface area contributed by atoms with Gasteiger partial charge in [-0.1, -0.05) is 20.8 Å². The average Bonchev–Trinajstić information content (AvgIpc) is 2.53. The molecule has 25 heavy (non-hydrogen) atoms. The molecule has 0 saturated carbocycles. The van der Waals surface area contributed by atoms with E-state index in [0.29, 0.717) is 12.4 Å². The van der Waals surface area contributed by atoms with Crippen molar-refractivity contribution in [1.29, 1.82) is 0 Å². The number of carbonyl (C=O) groups is 1. The van der Waals surface area contributed by atoms with Gasteiger partial charge in [0.05, 0.1) is 6.61 Å². The van der Waals surface area contributed by atoms with Crippen LogP contribution in [0.4, 0.5) is 10.6 Å². The highest BCUT2D eigenvalue weighted by molar-refractivity contribution is 5.65. The Morgan fingerprint density at radius 2 is 2.00 bits per heavy atom. The number of aliphatic hydroxyl groups excluding tert-OH is 1. The van der Waals surface area contributed by atoms with E-state index in [0.717, 1.165) is 31.5 Å². The lowest BCUT2D eigenvalue weighted by Gasteiger charge is -2.51. The van der Waals surface area contributed by atoms with E-state index in [4.69, 9.17) is 21.3 Å². The summed E-state index contributed by atoms with van der Waals surface area (Å²) >= 11 is 0. The Labute approximate surface area is 149 Å². The van der Waals surface area contributed by atoms with Crippen LogP contribution >= 0.6 is 0 Å². The van der Waals surface area contributed by atoms with Crippen LogP contribution in [0.15, 0.2) is 18.3 Å². The van der Waals surface area contributed by atoms with Crippen LogP contribution in [-0.2, 0) is 10.3 Å². The lowest BCUT2D eigenvalue weighted by molar-refractivity contribution is -0.129. The number of aliphatic hydroxyl groups is 1. The molecular weight excluding hydrogens is 320 g/mol. The first kappa shape index (κ1) is 19.5. The van der Waals surface area contributed by atoms with Crippen LogP contribution in [0.25, 0.3) is 0 Å². The number of nitrogens with two attached hydrogens (primary N) is 2. The molecule has 7 nitrogen and oxygen atoms in total. The van der Waals surface area contributed by atoms with Crippen LogP contribution in [0, 0.1) is 11.3 Å². The van der Waals surface area contributed by atoms with Gasteiger partial charge in [-0.25, -0.2) is 9.78 Å².